The first-order valence-corrected chi connectivity index (χ1v) is 4.17. The molecule has 0 aliphatic carbocycles. The minimum Gasteiger partial charge on any atom is -0.403 e. The topological polar surface area (TPSA) is 69.1 Å². The van der Waals surface area contributed by atoms with Crippen molar-refractivity contribution in [2.24, 2.45) is 17.4 Å². The van der Waals surface area contributed by atoms with E-state index in [2.05, 4.69) is 6.58 Å². The minimum atomic E-state index is -0.384. The highest BCUT2D eigenvalue weighted by atomic mass is 16.1. The van der Waals surface area contributed by atoms with Crippen LogP contribution in [0.4, 0.5) is 0 Å². The van der Waals surface area contributed by atoms with Crippen LogP contribution in [-0.4, -0.2) is 11.8 Å². The lowest BCUT2D eigenvalue weighted by Crippen LogP contribution is -2.33. The van der Waals surface area contributed by atoms with Gasteiger partial charge in [-0.05, 0) is 12.8 Å². The van der Waals surface area contributed by atoms with Gasteiger partial charge in [0.25, 0.3) is 0 Å². The van der Waals surface area contributed by atoms with Gasteiger partial charge in [-0.1, -0.05) is 20.4 Å². The molecule has 0 aromatic carbocycles. The van der Waals surface area contributed by atoms with E-state index in [1.54, 1.807) is 0 Å². The number of carbonyl (C=O) groups excluding carboxylic acids is 1. The fourth-order valence-corrected chi connectivity index (χ4v) is 0.911. The summed E-state index contributed by atoms with van der Waals surface area (Å²) in [5, 5.41) is 0. The average molecular weight is 170 g/mol. The number of hydrogen-bond donors (Lipinski definition) is 2. The molecule has 0 aromatic heterocycles. The van der Waals surface area contributed by atoms with Gasteiger partial charge in [0.2, 0.25) is 0 Å². The molecular weight excluding hydrogens is 152 g/mol. The first kappa shape index (κ1) is 11.2. The van der Waals surface area contributed by atoms with Crippen LogP contribution in [0.3, 0.4) is 0 Å². The minimum absolute atomic E-state index is 0.00559. The maximum atomic E-state index is 11.3. The van der Waals surface area contributed by atoms with E-state index in [-0.39, 0.29) is 17.7 Å². The second-order valence-electron chi connectivity index (χ2n) is 3.36. The zero-order chi connectivity index (χ0) is 9.72. The molecule has 0 spiro atoms. The fourth-order valence-electron chi connectivity index (χ4n) is 0.911. The summed E-state index contributed by atoms with van der Waals surface area (Å²) < 4.78 is 0. The van der Waals surface area contributed by atoms with Crippen molar-refractivity contribution in [3.63, 3.8) is 0 Å². The zero-order valence-electron chi connectivity index (χ0n) is 7.84. The van der Waals surface area contributed by atoms with Crippen LogP contribution in [0.25, 0.3) is 0 Å². The number of Topliss-reactive ketones (excluding diaryl/α,β-unsaturated/α-hetero) is 1. The van der Waals surface area contributed by atoms with E-state index in [1.807, 2.05) is 13.8 Å². The molecule has 0 aliphatic rings. The highest BCUT2D eigenvalue weighted by Gasteiger charge is 2.16. The monoisotopic (exact) mass is 170 g/mol. The second-order valence-corrected chi connectivity index (χ2v) is 3.36. The highest BCUT2D eigenvalue weighted by Crippen LogP contribution is 2.05. The number of ketones is 1. The van der Waals surface area contributed by atoms with Gasteiger partial charge < -0.3 is 11.5 Å². The molecule has 3 nitrogen and oxygen atoms in total. The molecule has 12 heavy (non-hydrogen) atoms. The third kappa shape index (κ3) is 4.13. The molecule has 0 heterocycles. The van der Waals surface area contributed by atoms with Gasteiger partial charge in [0.05, 0.1) is 6.04 Å². The van der Waals surface area contributed by atoms with Gasteiger partial charge in [0, 0.05) is 11.6 Å². The van der Waals surface area contributed by atoms with Crippen LogP contribution < -0.4 is 11.5 Å². The van der Waals surface area contributed by atoms with Crippen LogP contribution in [-0.2, 0) is 4.79 Å². The lowest BCUT2D eigenvalue weighted by Gasteiger charge is -2.12. The molecule has 3 heteroatoms. The van der Waals surface area contributed by atoms with Crippen molar-refractivity contribution < 1.29 is 4.79 Å². The summed E-state index contributed by atoms with van der Waals surface area (Å²) >= 11 is 0. The normalized spacial score (nSPS) is 13.0. The molecule has 0 rings (SSSR count). The molecular formula is C9H18N2O. The van der Waals surface area contributed by atoms with E-state index in [4.69, 9.17) is 11.5 Å². The molecule has 0 amide bonds. The largest absolute Gasteiger partial charge is 0.403 e. The first-order valence-electron chi connectivity index (χ1n) is 4.17. The fraction of sp³-hybridized carbons (Fsp3) is 0.667. The predicted octanol–water partition coefficient (Wildman–Crippen LogP) is 0.791. The van der Waals surface area contributed by atoms with Gasteiger partial charge in [-0.2, -0.15) is 0 Å². The van der Waals surface area contributed by atoms with Gasteiger partial charge in [-0.25, -0.2) is 0 Å². The summed E-state index contributed by atoms with van der Waals surface area (Å²) in [6.45, 7) is 7.24. The van der Waals surface area contributed by atoms with E-state index >= 15 is 0 Å². The van der Waals surface area contributed by atoms with E-state index in [1.165, 1.54) is 0 Å². The van der Waals surface area contributed by atoms with Crippen molar-refractivity contribution in [1.82, 2.24) is 0 Å². The molecule has 0 radical (unpaired) electrons. The standard InChI is InChI=1S/C9H18N2O/c1-6(2)9(12)8(11)5-4-7(3)10/h6,8H,3-5,10-11H2,1-2H3/t8-/m0/s1. The predicted molar refractivity (Wildman–Crippen MR) is 50.4 cm³/mol. The van der Waals surface area contributed by atoms with Crippen molar-refractivity contribution in [3.05, 3.63) is 12.3 Å². The molecule has 70 valence electrons. The number of nitrogens with two attached hydrogens (primary N) is 2. The summed E-state index contributed by atoms with van der Waals surface area (Å²) in [4.78, 5) is 11.3. The Bertz CT molecular complexity index is 175. The van der Waals surface area contributed by atoms with Gasteiger partial charge in [-0.15, -0.1) is 0 Å². The highest BCUT2D eigenvalue weighted by molar-refractivity contribution is 5.85. The average Bonchev–Trinajstić information content (AvgIpc) is 1.98. The Balaban J connectivity index is 3.79. The van der Waals surface area contributed by atoms with E-state index in [9.17, 15) is 4.79 Å². The Morgan fingerprint density at radius 3 is 2.33 bits per heavy atom. The second kappa shape index (κ2) is 4.93. The van der Waals surface area contributed by atoms with E-state index < -0.39 is 0 Å². The van der Waals surface area contributed by atoms with E-state index in [0.717, 1.165) is 0 Å². The third-order valence-electron chi connectivity index (χ3n) is 1.71. The quantitative estimate of drug-likeness (QED) is 0.641. The molecule has 0 aliphatic heterocycles. The summed E-state index contributed by atoms with van der Waals surface area (Å²) in [5.74, 6) is 0.0993. The van der Waals surface area contributed by atoms with Gasteiger partial charge in [0.1, 0.15) is 0 Å². The van der Waals surface area contributed by atoms with Crippen LogP contribution in [0.2, 0.25) is 0 Å². The Kier molecular flexibility index (Phi) is 4.59. The Labute approximate surface area is 73.8 Å². The molecule has 0 bridgehead atoms. The Morgan fingerprint density at radius 2 is 2.00 bits per heavy atom. The summed E-state index contributed by atoms with van der Waals surface area (Å²) in [6.07, 6.45) is 1.23. The maximum absolute atomic E-state index is 11.3. The van der Waals surface area contributed by atoms with Crippen molar-refractivity contribution in [2.75, 3.05) is 0 Å². The zero-order valence-corrected chi connectivity index (χ0v) is 7.84. The molecule has 0 unspecified atom stereocenters. The summed E-state index contributed by atoms with van der Waals surface area (Å²) in [7, 11) is 0. The lowest BCUT2D eigenvalue weighted by atomic mass is 9.98. The van der Waals surface area contributed by atoms with Crippen LogP contribution in [0, 0.1) is 5.92 Å². The molecule has 0 saturated heterocycles. The lowest BCUT2D eigenvalue weighted by molar-refractivity contribution is -0.123. The van der Waals surface area contributed by atoms with Crippen LogP contribution in [0.1, 0.15) is 26.7 Å². The van der Waals surface area contributed by atoms with E-state index in [0.29, 0.717) is 18.5 Å². The molecule has 0 saturated carbocycles. The van der Waals surface area contributed by atoms with Gasteiger partial charge in [0.15, 0.2) is 5.78 Å². The summed E-state index contributed by atoms with van der Waals surface area (Å²) in [6, 6.07) is -0.384. The molecule has 0 aromatic rings. The van der Waals surface area contributed by atoms with Crippen LogP contribution in [0.15, 0.2) is 12.3 Å². The molecule has 4 N–H and O–H groups in total. The van der Waals surface area contributed by atoms with Crippen molar-refractivity contribution in [1.29, 1.82) is 0 Å². The van der Waals surface area contributed by atoms with Crippen LogP contribution >= 0.6 is 0 Å². The SMILES string of the molecule is C=C(N)CC[C@H](N)C(=O)C(C)C. The van der Waals surface area contributed by atoms with Gasteiger partial charge >= 0.3 is 0 Å². The molecule has 1 atom stereocenters. The van der Waals surface area contributed by atoms with Crippen molar-refractivity contribution in [2.45, 2.75) is 32.7 Å². The Morgan fingerprint density at radius 1 is 1.50 bits per heavy atom. The number of rotatable bonds is 5. The maximum Gasteiger partial charge on any atom is 0.152 e. The molecule has 0 fully saturated rings. The number of allylic oxidation sites excluding steroid dienone is 1. The van der Waals surface area contributed by atoms with Crippen LogP contribution in [0.5, 0.6) is 0 Å². The third-order valence-corrected chi connectivity index (χ3v) is 1.71. The van der Waals surface area contributed by atoms with Crippen molar-refractivity contribution in [3.8, 4) is 0 Å². The summed E-state index contributed by atoms with van der Waals surface area (Å²) in [5.41, 5.74) is 11.6. The Hall–Kier alpha value is -0.830. The number of hydrogen-bond acceptors (Lipinski definition) is 3. The number of carbonyl (C=O) groups is 1. The van der Waals surface area contributed by atoms with Gasteiger partial charge in [-0.3, -0.25) is 4.79 Å². The smallest absolute Gasteiger partial charge is 0.152 e. The first-order chi connectivity index (χ1) is 5.45. The van der Waals surface area contributed by atoms with Crippen molar-refractivity contribution >= 4 is 5.78 Å².